The second-order valence-electron chi connectivity index (χ2n) is 3.58. The normalized spacial score (nSPS) is 12.5. The maximum atomic E-state index is 5.54. The van der Waals surface area contributed by atoms with E-state index >= 15 is 0 Å². The number of benzene rings is 1. The van der Waals surface area contributed by atoms with Crippen LogP contribution in [0.4, 0.5) is 0 Å². The van der Waals surface area contributed by atoms with Gasteiger partial charge in [-0.1, -0.05) is 47.1 Å². The lowest BCUT2D eigenvalue weighted by Crippen LogP contribution is -2.28. The third-order valence-corrected chi connectivity index (χ3v) is 3.00. The Morgan fingerprint density at radius 3 is 2.53 bits per heavy atom. The Bertz CT molecular complexity index is 319. The van der Waals surface area contributed by atoms with Gasteiger partial charge in [-0.05, 0) is 30.5 Å². The second-order valence-corrected chi connectivity index (χ2v) is 4.49. The molecular weight excluding hydrogens is 252 g/mol. The number of hydrogen-bond acceptors (Lipinski definition) is 2. The summed E-state index contributed by atoms with van der Waals surface area (Å²) < 4.78 is 1.08. The fourth-order valence-electron chi connectivity index (χ4n) is 1.40. The van der Waals surface area contributed by atoms with Gasteiger partial charge in [-0.25, -0.2) is 0 Å². The van der Waals surface area contributed by atoms with Crippen molar-refractivity contribution < 1.29 is 0 Å². The predicted octanol–water partition coefficient (Wildman–Crippen LogP) is 3.31. The van der Waals surface area contributed by atoms with Gasteiger partial charge in [-0.15, -0.1) is 0 Å². The van der Waals surface area contributed by atoms with E-state index in [9.17, 15) is 0 Å². The third-order valence-electron chi connectivity index (χ3n) is 2.47. The van der Waals surface area contributed by atoms with Crippen molar-refractivity contribution in [3.8, 4) is 0 Å². The van der Waals surface area contributed by atoms with E-state index in [-0.39, 0.29) is 6.04 Å². The number of rotatable bonds is 5. The Labute approximate surface area is 99.7 Å². The maximum absolute atomic E-state index is 5.54. The summed E-state index contributed by atoms with van der Waals surface area (Å²) in [5, 5.41) is 0. The Morgan fingerprint density at radius 2 is 2.07 bits per heavy atom. The number of nitrogens with two attached hydrogens (primary N) is 1. The molecule has 0 aliphatic heterocycles. The van der Waals surface area contributed by atoms with E-state index in [2.05, 4.69) is 47.0 Å². The van der Waals surface area contributed by atoms with E-state index < -0.39 is 0 Å². The Kier molecular flexibility index (Phi) is 5.02. The fourth-order valence-corrected chi connectivity index (χ4v) is 1.67. The largest absolute Gasteiger partial charge is 0.271 e. The highest BCUT2D eigenvalue weighted by Gasteiger charge is 2.09. The highest BCUT2D eigenvalue weighted by atomic mass is 79.9. The fraction of sp³-hybridized carbons (Fsp3) is 0.333. The highest BCUT2D eigenvalue weighted by molar-refractivity contribution is 9.10. The molecule has 0 aromatic heterocycles. The molecule has 3 N–H and O–H groups in total. The summed E-state index contributed by atoms with van der Waals surface area (Å²) >= 11 is 3.41. The van der Waals surface area contributed by atoms with Gasteiger partial charge in [0.15, 0.2) is 0 Å². The molecule has 0 amide bonds. The Morgan fingerprint density at radius 1 is 1.47 bits per heavy atom. The quantitative estimate of drug-likeness (QED) is 0.489. The molecule has 0 spiro atoms. The zero-order chi connectivity index (χ0) is 11.3. The van der Waals surface area contributed by atoms with E-state index in [1.54, 1.807) is 0 Å². The summed E-state index contributed by atoms with van der Waals surface area (Å²) in [6.07, 6.45) is 1.88. The number of hydrogen-bond donors (Lipinski definition) is 2. The molecule has 0 heterocycles. The summed E-state index contributed by atoms with van der Waals surface area (Å²) in [6.45, 7) is 6.11. The predicted molar refractivity (Wildman–Crippen MR) is 68.3 cm³/mol. The van der Waals surface area contributed by atoms with E-state index in [0.717, 1.165) is 17.3 Å². The standard InChI is InChI=1S/C12H17BrN2/c1-3-9(2)8-12(15-14)10-4-6-11(13)7-5-10/h4-7,12,15H,2-3,8,14H2,1H3. The van der Waals surface area contributed by atoms with Crippen LogP contribution in [0, 0.1) is 0 Å². The lowest BCUT2D eigenvalue weighted by molar-refractivity contribution is 0.545. The van der Waals surface area contributed by atoms with E-state index in [0.29, 0.717) is 0 Å². The molecule has 2 nitrogen and oxygen atoms in total. The van der Waals surface area contributed by atoms with E-state index in [4.69, 9.17) is 5.84 Å². The number of halogens is 1. The van der Waals surface area contributed by atoms with Crippen LogP contribution < -0.4 is 11.3 Å². The first-order chi connectivity index (χ1) is 7.17. The molecule has 0 saturated heterocycles. The van der Waals surface area contributed by atoms with Gasteiger partial charge in [0.25, 0.3) is 0 Å². The van der Waals surface area contributed by atoms with Crippen LogP contribution in [0.1, 0.15) is 31.4 Å². The summed E-state index contributed by atoms with van der Waals surface area (Å²) in [5.74, 6) is 5.54. The first-order valence-electron chi connectivity index (χ1n) is 5.05. The molecule has 1 aromatic carbocycles. The zero-order valence-electron chi connectivity index (χ0n) is 8.96. The molecular formula is C12H17BrN2. The van der Waals surface area contributed by atoms with Gasteiger partial charge in [-0.2, -0.15) is 0 Å². The van der Waals surface area contributed by atoms with E-state index in [1.807, 2.05) is 12.1 Å². The molecule has 1 atom stereocenters. The minimum Gasteiger partial charge on any atom is -0.271 e. The molecule has 15 heavy (non-hydrogen) atoms. The van der Waals surface area contributed by atoms with Crippen molar-refractivity contribution in [3.05, 3.63) is 46.5 Å². The summed E-state index contributed by atoms with van der Waals surface area (Å²) in [4.78, 5) is 0. The monoisotopic (exact) mass is 268 g/mol. The molecule has 0 radical (unpaired) electrons. The summed E-state index contributed by atoms with van der Waals surface area (Å²) in [6, 6.07) is 8.34. The van der Waals surface area contributed by atoms with Crippen LogP contribution in [0.25, 0.3) is 0 Å². The zero-order valence-corrected chi connectivity index (χ0v) is 10.5. The lowest BCUT2D eigenvalue weighted by Gasteiger charge is -2.17. The average Bonchev–Trinajstić information content (AvgIpc) is 2.27. The van der Waals surface area contributed by atoms with Crippen LogP contribution in [0.15, 0.2) is 40.9 Å². The van der Waals surface area contributed by atoms with Crippen LogP contribution in [-0.2, 0) is 0 Å². The van der Waals surface area contributed by atoms with Crippen LogP contribution >= 0.6 is 15.9 Å². The SMILES string of the molecule is C=C(CC)CC(NN)c1ccc(Br)cc1. The second kappa shape index (κ2) is 6.05. The summed E-state index contributed by atoms with van der Waals surface area (Å²) in [7, 11) is 0. The molecule has 0 saturated carbocycles. The first kappa shape index (κ1) is 12.4. The van der Waals surface area contributed by atoms with Crippen molar-refractivity contribution in [1.29, 1.82) is 0 Å². The molecule has 0 aliphatic rings. The lowest BCUT2D eigenvalue weighted by atomic mass is 9.99. The maximum Gasteiger partial charge on any atom is 0.0496 e. The molecule has 1 aromatic rings. The van der Waals surface area contributed by atoms with Gasteiger partial charge in [0.2, 0.25) is 0 Å². The van der Waals surface area contributed by atoms with Crippen LogP contribution in [0.5, 0.6) is 0 Å². The molecule has 3 heteroatoms. The highest BCUT2D eigenvalue weighted by Crippen LogP contribution is 2.22. The van der Waals surface area contributed by atoms with Gasteiger partial charge in [0, 0.05) is 10.5 Å². The topological polar surface area (TPSA) is 38.0 Å². The molecule has 0 aliphatic carbocycles. The van der Waals surface area contributed by atoms with Crippen LogP contribution in [0.2, 0.25) is 0 Å². The van der Waals surface area contributed by atoms with Crippen molar-refractivity contribution >= 4 is 15.9 Å². The van der Waals surface area contributed by atoms with Gasteiger partial charge in [0.1, 0.15) is 0 Å². The van der Waals surface area contributed by atoms with Crippen molar-refractivity contribution in [2.24, 2.45) is 5.84 Å². The van der Waals surface area contributed by atoms with Crippen molar-refractivity contribution in [1.82, 2.24) is 5.43 Å². The van der Waals surface area contributed by atoms with E-state index in [1.165, 1.54) is 11.1 Å². The first-order valence-corrected chi connectivity index (χ1v) is 5.85. The minimum atomic E-state index is 0.158. The molecule has 0 fully saturated rings. The molecule has 82 valence electrons. The average molecular weight is 269 g/mol. The summed E-state index contributed by atoms with van der Waals surface area (Å²) in [5.41, 5.74) is 5.23. The molecule has 1 unspecified atom stereocenters. The van der Waals surface area contributed by atoms with Crippen molar-refractivity contribution in [3.63, 3.8) is 0 Å². The van der Waals surface area contributed by atoms with Gasteiger partial charge in [0.05, 0.1) is 0 Å². The number of nitrogens with one attached hydrogen (secondary N) is 1. The van der Waals surface area contributed by atoms with Crippen LogP contribution in [0.3, 0.4) is 0 Å². The molecule has 1 rings (SSSR count). The van der Waals surface area contributed by atoms with Crippen molar-refractivity contribution in [2.45, 2.75) is 25.8 Å². The third kappa shape index (κ3) is 3.78. The Hall–Kier alpha value is -0.640. The van der Waals surface area contributed by atoms with Gasteiger partial charge < -0.3 is 0 Å². The van der Waals surface area contributed by atoms with Crippen molar-refractivity contribution in [2.75, 3.05) is 0 Å². The van der Waals surface area contributed by atoms with Crippen LogP contribution in [-0.4, -0.2) is 0 Å². The Balaban J connectivity index is 2.74. The smallest absolute Gasteiger partial charge is 0.0496 e. The molecule has 0 bridgehead atoms. The number of hydrazine groups is 1. The minimum absolute atomic E-state index is 0.158. The van der Waals surface area contributed by atoms with Gasteiger partial charge >= 0.3 is 0 Å². The van der Waals surface area contributed by atoms with Gasteiger partial charge in [-0.3, -0.25) is 11.3 Å².